The van der Waals surface area contributed by atoms with Crippen LogP contribution in [0.2, 0.25) is 0 Å². The molecule has 108 valence electrons. The molecule has 1 heteroatoms. The van der Waals surface area contributed by atoms with Crippen molar-refractivity contribution in [3.63, 3.8) is 0 Å². The van der Waals surface area contributed by atoms with E-state index in [2.05, 4.69) is 56.3 Å². The SMILES string of the molecule is CCC(C)OCCCCCc1ccc2ccccc2c1. The van der Waals surface area contributed by atoms with Gasteiger partial charge >= 0.3 is 0 Å². The second-order valence-corrected chi connectivity index (χ2v) is 5.58. The largest absolute Gasteiger partial charge is 0.379 e. The summed E-state index contributed by atoms with van der Waals surface area (Å²) >= 11 is 0. The van der Waals surface area contributed by atoms with Crippen LogP contribution in [0.25, 0.3) is 10.8 Å². The highest BCUT2D eigenvalue weighted by Crippen LogP contribution is 2.17. The van der Waals surface area contributed by atoms with Gasteiger partial charge in [-0.1, -0.05) is 55.8 Å². The molecule has 0 radical (unpaired) electrons. The van der Waals surface area contributed by atoms with Crippen molar-refractivity contribution in [2.45, 2.75) is 52.1 Å². The summed E-state index contributed by atoms with van der Waals surface area (Å²) in [4.78, 5) is 0. The first-order valence-electron chi connectivity index (χ1n) is 7.89. The average Bonchev–Trinajstić information content (AvgIpc) is 2.50. The van der Waals surface area contributed by atoms with Crippen molar-refractivity contribution < 1.29 is 4.74 Å². The van der Waals surface area contributed by atoms with E-state index in [-0.39, 0.29) is 0 Å². The van der Waals surface area contributed by atoms with Crippen molar-refractivity contribution in [1.29, 1.82) is 0 Å². The van der Waals surface area contributed by atoms with Gasteiger partial charge in [0.1, 0.15) is 0 Å². The number of unbranched alkanes of at least 4 members (excludes halogenated alkanes) is 2. The Morgan fingerprint density at radius 3 is 2.55 bits per heavy atom. The summed E-state index contributed by atoms with van der Waals surface area (Å²) in [6, 6.07) is 15.4. The van der Waals surface area contributed by atoms with Gasteiger partial charge in [-0.3, -0.25) is 0 Å². The molecule has 0 aliphatic heterocycles. The Bertz CT molecular complexity index is 518. The molecular formula is C19H26O. The smallest absolute Gasteiger partial charge is 0.0544 e. The second kappa shape index (κ2) is 8.06. The van der Waals surface area contributed by atoms with Crippen molar-refractivity contribution in [3.8, 4) is 0 Å². The first-order chi connectivity index (χ1) is 9.79. The van der Waals surface area contributed by atoms with Gasteiger partial charge in [-0.25, -0.2) is 0 Å². The summed E-state index contributed by atoms with van der Waals surface area (Å²) < 4.78 is 5.70. The maximum absolute atomic E-state index is 5.70. The normalized spacial score (nSPS) is 12.7. The molecule has 0 saturated carbocycles. The summed E-state index contributed by atoms with van der Waals surface area (Å²) in [5, 5.41) is 2.68. The van der Waals surface area contributed by atoms with E-state index in [4.69, 9.17) is 4.74 Å². The molecule has 0 spiro atoms. The van der Waals surface area contributed by atoms with Crippen LogP contribution in [0.5, 0.6) is 0 Å². The van der Waals surface area contributed by atoms with Gasteiger partial charge in [0, 0.05) is 6.61 Å². The minimum absolute atomic E-state index is 0.412. The molecule has 0 heterocycles. The lowest BCUT2D eigenvalue weighted by molar-refractivity contribution is 0.0609. The first kappa shape index (κ1) is 15.1. The summed E-state index contributed by atoms with van der Waals surface area (Å²) in [6.45, 7) is 5.23. The maximum Gasteiger partial charge on any atom is 0.0544 e. The number of benzene rings is 2. The number of rotatable bonds is 8. The van der Waals surface area contributed by atoms with Crippen molar-refractivity contribution >= 4 is 10.8 Å². The lowest BCUT2D eigenvalue weighted by Crippen LogP contribution is -2.07. The third kappa shape index (κ3) is 4.64. The van der Waals surface area contributed by atoms with Crippen molar-refractivity contribution in [1.82, 2.24) is 0 Å². The van der Waals surface area contributed by atoms with Crippen LogP contribution in [0.1, 0.15) is 45.1 Å². The van der Waals surface area contributed by atoms with Gasteiger partial charge in [0.25, 0.3) is 0 Å². The second-order valence-electron chi connectivity index (χ2n) is 5.58. The van der Waals surface area contributed by atoms with Gasteiger partial charge in [-0.2, -0.15) is 0 Å². The molecule has 1 atom stereocenters. The Morgan fingerprint density at radius 1 is 0.950 bits per heavy atom. The third-order valence-electron chi connectivity index (χ3n) is 3.90. The van der Waals surface area contributed by atoms with Crippen LogP contribution in [-0.4, -0.2) is 12.7 Å². The van der Waals surface area contributed by atoms with Crippen LogP contribution in [-0.2, 0) is 11.2 Å². The Kier molecular flexibility index (Phi) is 6.07. The molecule has 0 fully saturated rings. The third-order valence-corrected chi connectivity index (χ3v) is 3.90. The van der Waals surface area contributed by atoms with Gasteiger partial charge in [0.2, 0.25) is 0 Å². The fraction of sp³-hybridized carbons (Fsp3) is 0.474. The van der Waals surface area contributed by atoms with Crippen molar-refractivity contribution in [3.05, 3.63) is 48.0 Å². The molecule has 0 amide bonds. The molecule has 1 unspecified atom stereocenters. The van der Waals surface area contributed by atoms with E-state index in [1.807, 2.05) is 0 Å². The van der Waals surface area contributed by atoms with Gasteiger partial charge in [0.05, 0.1) is 6.10 Å². The van der Waals surface area contributed by atoms with Gasteiger partial charge in [0.15, 0.2) is 0 Å². The monoisotopic (exact) mass is 270 g/mol. The Morgan fingerprint density at radius 2 is 1.75 bits per heavy atom. The molecule has 2 aromatic rings. The predicted octanol–water partition coefficient (Wildman–Crippen LogP) is 5.37. The number of hydrogen-bond donors (Lipinski definition) is 0. The number of ether oxygens (including phenoxy) is 1. The fourth-order valence-electron chi connectivity index (χ4n) is 2.40. The van der Waals surface area contributed by atoms with Crippen LogP contribution in [0.15, 0.2) is 42.5 Å². The fourth-order valence-corrected chi connectivity index (χ4v) is 2.40. The molecule has 0 aromatic heterocycles. The van der Waals surface area contributed by atoms with E-state index in [1.54, 1.807) is 0 Å². The van der Waals surface area contributed by atoms with E-state index < -0.39 is 0 Å². The van der Waals surface area contributed by atoms with E-state index in [0.29, 0.717) is 6.10 Å². The molecule has 1 nitrogen and oxygen atoms in total. The lowest BCUT2D eigenvalue weighted by Gasteiger charge is -2.10. The van der Waals surface area contributed by atoms with E-state index in [1.165, 1.54) is 42.0 Å². The minimum atomic E-state index is 0.412. The topological polar surface area (TPSA) is 9.23 Å². The summed E-state index contributed by atoms with van der Waals surface area (Å²) in [7, 11) is 0. The van der Waals surface area contributed by atoms with Crippen LogP contribution in [0, 0.1) is 0 Å². The molecule has 2 aromatic carbocycles. The molecular weight excluding hydrogens is 244 g/mol. The molecule has 0 bridgehead atoms. The van der Waals surface area contributed by atoms with Crippen LogP contribution < -0.4 is 0 Å². The zero-order chi connectivity index (χ0) is 14.2. The Balaban J connectivity index is 1.70. The standard InChI is InChI=1S/C19H26O/c1-3-16(2)20-14-8-4-5-9-17-12-13-18-10-6-7-11-19(18)15-17/h6-7,10-13,15-16H,3-5,8-9,14H2,1-2H3. The quantitative estimate of drug-likeness (QED) is 0.586. The number of fused-ring (bicyclic) bond motifs is 1. The molecule has 0 aliphatic rings. The van der Waals surface area contributed by atoms with E-state index in [9.17, 15) is 0 Å². The van der Waals surface area contributed by atoms with E-state index >= 15 is 0 Å². The molecule has 2 rings (SSSR count). The zero-order valence-corrected chi connectivity index (χ0v) is 12.8. The number of aryl methyl sites for hydroxylation is 1. The zero-order valence-electron chi connectivity index (χ0n) is 12.8. The molecule has 0 N–H and O–H groups in total. The summed E-state index contributed by atoms with van der Waals surface area (Å²) in [6.07, 6.45) is 6.38. The van der Waals surface area contributed by atoms with Gasteiger partial charge < -0.3 is 4.74 Å². The highest BCUT2D eigenvalue weighted by Gasteiger charge is 1.99. The molecule has 0 aliphatic carbocycles. The van der Waals surface area contributed by atoms with Crippen LogP contribution in [0.3, 0.4) is 0 Å². The van der Waals surface area contributed by atoms with Gasteiger partial charge in [-0.05, 0) is 48.9 Å². The van der Waals surface area contributed by atoms with Crippen molar-refractivity contribution in [2.24, 2.45) is 0 Å². The number of hydrogen-bond acceptors (Lipinski definition) is 1. The predicted molar refractivity (Wildman–Crippen MR) is 87.2 cm³/mol. The lowest BCUT2D eigenvalue weighted by atomic mass is 10.0. The first-order valence-corrected chi connectivity index (χ1v) is 7.89. The average molecular weight is 270 g/mol. The van der Waals surface area contributed by atoms with Crippen molar-refractivity contribution in [2.75, 3.05) is 6.61 Å². The van der Waals surface area contributed by atoms with Gasteiger partial charge in [-0.15, -0.1) is 0 Å². The highest BCUT2D eigenvalue weighted by molar-refractivity contribution is 5.82. The Labute approximate surface area is 123 Å². The van der Waals surface area contributed by atoms with Crippen LogP contribution >= 0.6 is 0 Å². The molecule has 20 heavy (non-hydrogen) atoms. The highest BCUT2D eigenvalue weighted by atomic mass is 16.5. The Hall–Kier alpha value is -1.34. The minimum Gasteiger partial charge on any atom is -0.379 e. The maximum atomic E-state index is 5.70. The molecule has 0 saturated heterocycles. The summed E-state index contributed by atoms with van der Waals surface area (Å²) in [5.41, 5.74) is 1.45. The van der Waals surface area contributed by atoms with E-state index in [0.717, 1.165) is 13.0 Å². The summed E-state index contributed by atoms with van der Waals surface area (Å²) in [5.74, 6) is 0. The van der Waals surface area contributed by atoms with Crippen LogP contribution in [0.4, 0.5) is 0 Å².